The molecule has 0 atom stereocenters. The lowest BCUT2D eigenvalue weighted by Crippen LogP contribution is -2.06. The molecule has 5 N–H and O–H groups in total. The van der Waals surface area contributed by atoms with Crippen LogP contribution in [0.3, 0.4) is 0 Å². The van der Waals surface area contributed by atoms with E-state index in [4.69, 9.17) is 11.5 Å². The van der Waals surface area contributed by atoms with Crippen LogP contribution in [0.5, 0.6) is 0 Å². The first-order valence-electron chi connectivity index (χ1n) is 7.15. The van der Waals surface area contributed by atoms with Crippen molar-refractivity contribution < 1.29 is 0 Å². The molecule has 1 heterocycles. The van der Waals surface area contributed by atoms with E-state index >= 15 is 0 Å². The minimum atomic E-state index is 0.0875. The van der Waals surface area contributed by atoms with Gasteiger partial charge >= 0.3 is 0 Å². The zero-order valence-electron chi connectivity index (χ0n) is 12.2. The lowest BCUT2D eigenvalue weighted by molar-refractivity contribution is 1.08. The van der Waals surface area contributed by atoms with Crippen molar-refractivity contribution >= 4 is 45.1 Å². The van der Waals surface area contributed by atoms with Crippen LogP contribution in [0, 0.1) is 0 Å². The monoisotopic (exact) mass is 302 g/mol. The molecule has 112 valence electrons. The van der Waals surface area contributed by atoms with Crippen LogP contribution in [-0.4, -0.2) is 15.0 Å². The van der Waals surface area contributed by atoms with Crippen LogP contribution >= 0.6 is 0 Å². The quantitative estimate of drug-likeness (QED) is 0.492. The summed E-state index contributed by atoms with van der Waals surface area (Å²) in [5.41, 5.74) is 12.2. The Balaban J connectivity index is 1.99. The van der Waals surface area contributed by atoms with E-state index in [1.807, 2.05) is 24.3 Å². The van der Waals surface area contributed by atoms with E-state index in [1.165, 1.54) is 0 Å². The van der Waals surface area contributed by atoms with Crippen molar-refractivity contribution in [2.24, 2.45) is 0 Å². The topological polar surface area (TPSA) is 103 Å². The van der Waals surface area contributed by atoms with Crippen LogP contribution in [0.15, 0.2) is 54.6 Å². The Morgan fingerprint density at radius 2 is 1.22 bits per heavy atom. The van der Waals surface area contributed by atoms with E-state index in [1.54, 1.807) is 0 Å². The molecule has 23 heavy (non-hydrogen) atoms. The van der Waals surface area contributed by atoms with Crippen molar-refractivity contribution in [3.8, 4) is 0 Å². The Kier molecular flexibility index (Phi) is 2.94. The number of hydrogen-bond acceptors (Lipinski definition) is 6. The average molecular weight is 302 g/mol. The van der Waals surface area contributed by atoms with Gasteiger partial charge in [-0.3, -0.25) is 0 Å². The van der Waals surface area contributed by atoms with Crippen LogP contribution in [0.4, 0.5) is 23.5 Å². The van der Waals surface area contributed by atoms with Crippen LogP contribution in [-0.2, 0) is 0 Å². The van der Waals surface area contributed by atoms with Gasteiger partial charge in [0.15, 0.2) is 0 Å². The molecule has 0 saturated carbocycles. The number of aromatic nitrogens is 3. The minimum Gasteiger partial charge on any atom is -0.368 e. The van der Waals surface area contributed by atoms with Crippen LogP contribution in [0.1, 0.15) is 0 Å². The SMILES string of the molecule is Nc1nc(N)nc(Nc2c3ccccc3cc3ccccc23)n1. The van der Waals surface area contributed by atoms with E-state index in [2.05, 4.69) is 50.6 Å². The highest BCUT2D eigenvalue weighted by atomic mass is 15.2. The predicted molar refractivity (Wildman–Crippen MR) is 93.4 cm³/mol. The molecule has 6 nitrogen and oxygen atoms in total. The summed E-state index contributed by atoms with van der Waals surface area (Å²) in [5, 5.41) is 7.65. The minimum absolute atomic E-state index is 0.0875. The van der Waals surface area contributed by atoms with Gasteiger partial charge in [-0.1, -0.05) is 48.5 Å². The average Bonchev–Trinajstić information content (AvgIpc) is 2.54. The Bertz CT molecular complexity index is 954. The highest BCUT2D eigenvalue weighted by Gasteiger charge is 2.10. The maximum atomic E-state index is 5.66. The fourth-order valence-electron chi connectivity index (χ4n) is 2.73. The van der Waals surface area contributed by atoms with Crippen molar-refractivity contribution in [2.45, 2.75) is 0 Å². The Hall–Kier alpha value is -3.41. The van der Waals surface area contributed by atoms with Gasteiger partial charge in [0.1, 0.15) is 0 Å². The van der Waals surface area contributed by atoms with Crippen molar-refractivity contribution in [3.05, 3.63) is 54.6 Å². The summed E-state index contributed by atoms with van der Waals surface area (Å²) in [6.07, 6.45) is 0. The van der Waals surface area contributed by atoms with E-state index in [0.717, 1.165) is 27.2 Å². The van der Waals surface area contributed by atoms with Crippen LogP contribution < -0.4 is 16.8 Å². The number of rotatable bonds is 2. The molecule has 0 bridgehead atoms. The molecule has 0 aliphatic rings. The van der Waals surface area contributed by atoms with Gasteiger partial charge in [0.2, 0.25) is 17.8 Å². The first-order chi connectivity index (χ1) is 11.2. The first kappa shape index (κ1) is 13.3. The summed E-state index contributed by atoms with van der Waals surface area (Å²) in [6, 6.07) is 18.4. The summed E-state index contributed by atoms with van der Waals surface area (Å²) in [4.78, 5) is 12.0. The molecule has 4 aromatic rings. The third-order valence-electron chi connectivity index (χ3n) is 3.68. The fraction of sp³-hybridized carbons (Fsp3) is 0. The molecule has 3 aromatic carbocycles. The lowest BCUT2D eigenvalue weighted by Gasteiger charge is -2.13. The van der Waals surface area contributed by atoms with E-state index < -0.39 is 0 Å². The van der Waals surface area contributed by atoms with Gasteiger partial charge in [-0.2, -0.15) is 15.0 Å². The molecule has 0 aliphatic heterocycles. The summed E-state index contributed by atoms with van der Waals surface area (Å²) >= 11 is 0. The van der Waals surface area contributed by atoms with Crippen molar-refractivity contribution in [2.75, 3.05) is 16.8 Å². The number of nitrogens with two attached hydrogens (primary N) is 2. The highest BCUT2D eigenvalue weighted by molar-refractivity contribution is 6.11. The molecule has 6 heteroatoms. The number of hydrogen-bond donors (Lipinski definition) is 3. The molecular weight excluding hydrogens is 288 g/mol. The molecule has 0 unspecified atom stereocenters. The molecule has 0 radical (unpaired) electrons. The Labute approximate surface area is 132 Å². The lowest BCUT2D eigenvalue weighted by atomic mass is 10.0. The predicted octanol–water partition coefficient (Wildman–Crippen LogP) is 3.09. The molecule has 0 fully saturated rings. The summed E-state index contributed by atoms with van der Waals surface area (Å²) < 4.78 is 0. The molecular formula is C17H14N6. The van der Waals surface area contributed by atoms with Gasteiger partial charge in [0.05, 0.1) is 5.69 Å². The maximum absolute atomic E-state index is 5.66. The summed E-state index contributed by atoms with van der Waals surface area (Å²) in [6.45, 7) is 0. The molecule has 0 amide bonds. The van der Waals surface area contributed by atoms with Crippen LogP contribution in [0.2, 0.25) is 0 Å². The van der Waals surface area contributed by atoms with Gasteiger partial charge in [-0.15, -0.1) is 0 Å². The van der Waals surface area contributed by atoms with Crippen LogP contribution in [0.25, 0.3) is 21.5 Å². The number of fused-ring (bicyclic) bond motifs is 2. The van der Waals surface area contributed by atoms with Crippen molar-refractivity contribution in [1.82, 2.24) is 15.0 Å². The normalized spacial score (nSPS) is 11.0. The van der Waals surface area contributed by atoms with Crippen molar-refractivity contribution in [1.29, 1.82) is 0 Å². The number of nitrogen functional groups attached to an aromatic ring is 2. The first-order valence-corrected chi connectivity index (χ1v) is 7.15. The molecule has 4 rings (SSSR count). The number of benzene rings is 3. The van der Waals surface area contributed by atoms with Gasteiger partial charge in [-0.25, -0.2) is 0 Å². The maximum Gasteiger partial charge on any atom is 0.233 e. The van der Waals surface area contributed by atoms with E-state index in [9.17, 15) is 0 Å². The van der Waals surface area contributed by atoms with E-state index in [-0.39, 0.29) is 11.9 Å². The standard InChI is InChI=1S/C17H14N6/c18-15-21-16(19)23-17(22-15)20-14-12-7-3-1-5-10(12)9-11-6-2-4-8-13(11)14/h1-9H,(H5,18,19,20,21,22,23). The molecule has 0 saturated heterocycles. The number of nitrogens with one attached hydrogen (secondary N) is 1. The zero-order chi connectivity index (χ0) is 15.8. The summed E-state index contributed by atoms with van der Waals surface area (Å²) in [5.74, 6) is 0.505. The third-order valence-corrected chi connectivity index (χ3v) is 3.68. The van der Waals surface area contributed by atoms with Gasteiger partial charge < -0.3 is 16.8 Å². The smallest absolute Gasteiger partial charge is 0.233 e. The second-order valence-electron chi connectivity index (χ2n) is 5.19. The second-order valence-corrected chi connectivity index (χ2v) is 5.19. The third kappa shape index (κ3) is 2.36. The molecule has 1 aromatic heterocycles. The molecule has 0 aliphatic carbocycles. The van der Waals surface area contributed by atoms with Crippen molar-refractivity contribution in [3.63, 3.8) is 0 Å². The number of anilines is 4. The van der Waals surface area contributed by atoms with Gasteiger partial charge in [-0.05, 0) is 16.8 Å². The zero-order valence-corrected chi connectivity index (χ0v) is 12.2. The fourth-order valence-corrected chi connectivity index (χ4v) is 2.73. The second kappa shape index (κ2) is 5.10. The summed E-state index contributed by atoms with van der Waals surface area (Å²) in [7, 11) is 0. The van der Waals surface area contributed by atoms with Gasteiger partial charge in [0.25, 0.3) is 0 Å². The van der Waals surface area contributed by atoms with E-state index in [0.29, 0.717) is 5.95 Å². The largest absolute Gasteiger partial charge is 0.368 e. The Morgan fingerprint density at radius 1 is 0.696 bits per heavy atom. The highest BCUT2D eigenvalue weighted by Crippen LogP contribution is 2.34. The number of nitrogens with zero attached hydrogens (tertiary/aromatic N) is 3. The Morgan fingerprint density at radius 3 is 1.78 bits per heavy atom. The molecule has 0 spiro atoms. The van der Waals surface area contributed by atoms with Gasteiger partial charge in [0, 0.05) is 10.8 Å².